The lowest BCUT2D eigenvalue weighted by molar-refractivity contribution is 0.0753. The van der Waals surface area contributed by atoms with E-state index in [9.17, 15) is 8.42 Å². The first-order valence-corrected chi connectivity index (χ1v) is 9.13. The Balaban J connectivity index is 1.70. The standard InChI is InChI=1S/C13H17IO3S/c14-12-9-18(15,16)10-13(12)17-8-4-7-11-5-2-1-3-6-11/h1-3,5-6,12-13H,4,7-10H2. The molecule has 1 aromatic rings. The van der Waals surface area contributed by atoms with Gasteiger partial charge in [-0.2, -0.15) is 0 Å². The number of ether oxygens (including phenoxy) is 1. The van der Waals surface area contributed by atoms with Gasteiger partial charge in [0.05, 0.1) is 21.5 Å². The zero-order valence-corrected chi connectivity index (χ0v) is 13.1. The number of benzene rings is 1. The van der Waals surface area contributed by atoms with E-state index < -0.39 is 9.84 Å². The molecule has 1 aromatic carbocycles. The smallest absolute Gasteiger partial charge is 0.154 e. The SMILES string of the molecule is O=S1(=O)CC(I)C(OCCCc2ccccc2)C1. The molecule has 0 amide bonds. The minimum atomic E-state index is -2.87. The van der Waals surface area contributed by atoms with E-state index in [1.807, 2.05) is 18.2 Å². The van der Waals surface area contributed by atoms with Crippen LogP contribution in [0.4, 0.5) is 0 Å². The van der Waals surface area contributed by atoms with Gasteiger partial charge in [0.1, 0.15) is 0 Å². The van der Waals surface area contributed by atoms with Gasteiger partial charge in [-0.3, -0.25) is 0 Å². The van der Waals surface area contributed by atoms with Crippen LogP contribution in [-0.2, 0) is 21.0 Å². The molecule has 0 spiro atoms. The molecule has 2 unspecified atom stereocenters. The first-order chi connectivity index (χ1) is 8.57. The lowest BCUT2D eigenvalue weighted by atomic mass is 10.1. The summed E-state index contributed by atoms with van der Waals surface area (Å²) in [4.78, 5) is 0. The topological polar surface area (TPSA) is 43.4 Å². The molecule has 0 saturated carbocycles. The molecular formula is C13H17IO3S. The van der Waals surface area contributed by atoms with Crippen LogP contribution < -0.4 is 0 Å². The number of sulfone groups is 1. The Bertz CT molecular complexity index is 472. The molecule has 0 radical (unpaired) electrons. The van der Waals surface area contributed by atoms with Crippen LogP contribution in [0.2, 0.25) is 0 Å². The number of rotatable bonds is 5. The molecule has 0 aromatic heterocycles. The van der Waals surface area contributed by atoms with Gasteiger partial charge < -0.3 is 4.74 Å². The highest BCUT2D eigenvalue weighted by Crippen LogP contribution is 2.23. The van der Waals surface area contributed by atoms with Crippen molar-refractivity contribution in [3.05, 3.63) is 35.9 Å². The third kappa shape index (κ3) is 4.20. The highest BCUT2D eigenvalue weighted by molar-refractivity contribution is 14.1. The van der Waals surface area contributed by atoms with Gasteiger partial charge >= 0.3 is 0 Å². The van der Waals surface area contributed by atoms with Crippen molar-refractivity contribution in [3.63, 3.8) is 0 Å². The van der Waals surface area contributed by atoms with Gasteiger partial charge in [-0.1, -0.05) is 52.9 Å². The van der Waals surface area contributed by atoms with E-state index >= 15 is 0 Å². The maximum atomic E-state index is 11.4. The molecule has 2 rings (SSSR count). The lowest BCUT2D eigenvalue weighted by Crippen LogP contribution is -2.22. The Hall–Kier alpha value is -0.140. The van der Waals surface area contributed by atoms with Crippen LogP contribution in [0.1, 0.15) is 12.0 Å². The van der Waals surface area contributed by atoms with Crippen molar-refractivity contribution in [2.45, 2.75) is 22.9 Å². The molecule has 1 saturated heterocycles. The van der Waals surface area contributed by atoms with Gasteiger partial charge in [-0.25, -0.2) is 8.42 Å². The predicted molar refractivity (Wildman–Crippen MR) is 81.0 cm³/mol. The van der Waals surface area contributed by atoms with Crippen molar-refractivity contribution in [2.24, 2.45) is 0 Å². The Morgan fingerprint density at radius 1 is 1.22 bits per heavy atom. The van der Waals surface area contributed by atoms with E-state index in [4.69, 9.17) is 4.74 Å². The third-order valence-electron chi connectivity index (χ3n) is 3.02. The Morgan fingerprint density at radius 3 is 2.56 bits per heavy atom. The molecule has 18 heavy (non-hydrogen) atoms. The fraction of sp³-hybridized carbons (Fsp3) is 0.538. The highest BCUT2D eigenvalue weighted by atomic mass is 127. The summed E-state index contributed by atoms with van der Waals surface area (Å²) in [5, 5.41) is 0. The van der Waals surface area contributed by atoms with Crippen molar-refractivity contribution >= 4 is 32.4 Å². The van der Waals surface area contributed by atoms with Crippen LogP contribution in [-0.4, -0.2) is 36.6 Å². The molecule has 3 nitrogen and oxygen atoms in total. The zero-order valence-electron chi connectivity index (χ0n) is 10.1. The van der Waals surface area contributed by atoms with Gasteiger partial charge in [0.15, 0.2) is 9.84 Å². The second-order valence-electron chi connectivity index (χ2n) is 4.59. The molecule has 0 N–H and O–H groups in total. The maximum Gasteiger partial charge on any atom is 0.154 e. The second-order valence-corrected chi connectivity index (χ2v) is 8.35. The van der Waals surface area contributed by atoms with Crippen LogP contribution >= 0.6 is 22.6 Å². The third-order valence-corrected chi connectivity index (χ3v) is 6.56. The molecule has 0 aliphatic carbocycles. The number of halogens is 1. The summed E-state index contributed by atoms with van der Waals surface area (Å²) in [7, 11) is -2.87. The van der Waals surface area contributed by atoms with E-state index in [1.54, 1.807) is 0 Å². The van der Waals surface area contributed by atoms with Gasteiger partial charge in [0.25, 0.3) is 0 Å². The number of hydrogen-bond donors (Lipinski definition) is 0. The molecule has 1 heterocycles. The number of hydrogen-bond acceptors (Lipinski definition) is 3. The molecule has 1 aliphatic heterocycles. The largest absolute Gasteiger partial charge is 0.376 e. The molecule has 0 bridgehead atoms. The van der Waals surface area contributed by atoms with Crippen molar-refractivity contribution in [3.8, 4) is 0 Å². The van der Waals surface area contributed by atoms with E-state index in [0.717, 1.165) is 12.8 Å². The summed E-state index contributed by atoms with van der Waals surface area (Å²) in [5.74, 6) is 0.447. The molecule has 1 aliphatic rings. The van der Waals surface area contributed by atoms with Gasteiger partial charge in [0.2, 0.25) is 0 Å². The van der Waals surface area contributed by atoms with Crippen LogP contribution in [0.25, 0.3) is 0 Å². The molecular weight excluding hydrogens is 363 g/mol. The van der Waals surface area contributed by atoms with Gasteiger partial charge in [0, 0.05) is 6.61 Å². The normalized spacial score (nSPS) is 26.3. The average Bonchev–Trinajstić information content (AvgIpc) is 2.59. The van der Waals surface area contributed by atoms with Crippen molar-refractivity contribution in [2.75, 3.05) is 18.1 Å². The average molecular weight is 380 g/mol. The van der Waals surface area contributed by atoms with Crippen LogP contribution in [0.5, 0.6) is 0 Å². The molecule has 100 valence electrons. The summed E-state index contributed by atoms with van der Waals surface area (Å²) in [6, 6.07) is 10.3. The fourth-order valence-corrected chi connectivity index (χ4v) is 6.20. The van der Waals surface area contributed by atoms with E-state index in [1.165, 1.54) is 5.56 Å². The molecule has 1 fully saturated rings. The summed E-state index contributed by atoms with van der Waals surface area (Å²) >= 11 is 2.18. The highest BCUT2D eigenvalue weighted by Gasteiger charge is 2.36. The minimum Gasteiger partial charge on any atom is -0.376 e. The number of aryl methyl sites for hydroxylation is 1. The van der Waals surface area contributed by atoms with E-state index in [-0.39, 0.29) is 21.5 Å². The van der Waals surface area contributed by atoms with Gasteiger partial charge in [-0.05, 0) is 18.4 Å². The summed E-state index contributed by atoms with van der Waals surface area (Å²) in [5.41, 5.74) is 1.30. The minimum absolute atomic E-state index is 0.101. The molecule has 2 atom stereocenters. The van der Waals surface area contributed by atoms with E-state index in [2.05, 4.69) is 34.7 Å². The monoisotopic (exact) mass is 380 g/mol. The zero-order chi connectivity index (χ0) is 13.0. The lowest BCUT2D eigenvalue weighted by Gasteiger charge is -2.13. The summed E-state index contributed by atoms with van der Waals surface area (Å²) in [6.45, 7) is 0.634. The van der Waals surface area contributed by atoms with Crippen molar-refractivity contribution in [1.29, 1.82) is 0 Å². The van der Waals surface area contributed by atoms with Crippen LogP contribution in [0.3, 0.4) is 0 Å². The molecule has 5 heteroatoms. The van der Waals surface area contributed by atoms with Crippen LogP contribution in [0.15, 0.2) is 30.3 Å². The summed E-state index contributed by atoms with van der Waals surface area (Å²) in [6.07, 6.45) is 1.79. The summed E-state index contributed by atoms with van der Waals surface area (Å²) < 4.78 is 28.6. The Kier molecular flexibility index (Phi) is 5.03. The first kappa shape index (κ1) is 14.3. The van der Waals surface area contributed by atoms with E-state index in [0.29, 0.717) is 6.61 Å². The Labute approximate surface area is 122 Å². The van der Waals surface area contributed by atoms with Gasteiger partial charge in [-0.15, -0.1) is 0 Å². The second kappa shape index (κ2) is 6.34. The predicted octanol–water partition coefficient (Wildman–Crippen LogP) is 2.24. The quantitative estimate of drug-likeness (QED) is 0.447. The number of alkyl halides is 1. The maximum absolute atomic E-state index is 11.4. The van der Waals surface area contributed by atoms with Crippen molar-refractivity contribution < 1.29 is 13.2 Å². The first-order valence-electron chi connectivity index (χ1n) is 6.07. The fourth-order valence-electron chi connectivity index (χ4n) is 2.08. The van der Waals surface area contributed by atoms with Crippen molar-refractivity contribution in [1.82, 2.24) is 0 Å². The Morgan fingerprint density at radius 2 is 1.94 bits per heavy atom. The van der Waals surface area contributed by atoms with Crippen LogP contribution in [0, 0.1) is 0 Å².